The smallest absolute Gasteiger partial charge is 0.337 e. The third kappa shape index (κ3) is 9.38. The van der Waals surface area contributed by atoms with Gasteiger partial charge in [0.25, 0.3) is 32.1 Å². The molecule has 2 N–H and O–H groups in total. The Balaban J connectivity index is 1.25. The van der Waals surface area contributed by atoms with Crippen LogP contribution in [0.15, 0.2) is 90.7 Å². The number of benzene rings is 3. The van der Waals surface area contributed by atoms with Crippen molar-refractivity contribution < 1.29 is 45.2 Å². The van der Waals surface area contributed by atoms with E-state index in [1.54, 1.807) is 6.07 Å². The summed E-state index contributed by atoms with van der Waals surface area (Å²) in [5.41, 5.74) is 4.85. The van der Waals surface area contributed by atoms with E-state index in [-0.39, 0.29) is 48.6 Å². The first kappa shape index (κ1) is 42.8. The molecule has 3 heterocycles. The summed E-state index contributed by atoms with van der Waals surface area (Å²) in [5, 5.41) is 2.84. The van der Waals surface area contributed by atoms with Crippen LogP contribution in [-0.2, 0) is 56.7 Å². The van der Waals surface area contributed by atoms with E-state index in [2.05, 4.69) is 67.8 Å². The topological polar surface area (TPSA) is 179 Å². The van der Waals surface area contributed by atoms with E-state index in [1.165, 1.54) is 10.9 Å². The predicted octanol–water partition coefficient (Wildman–Crippen LogP) is 6.59. The van der Waals surface area contributed by atoms with Crippen LogP contribution in [-0.4, -0.2) is 79.4 Å². The number of hydrogen-bond acceptors (Lipinski definition) is 10. The first-order chi connectivity index (χ1) is 27.3. The highest BCUT2D eigenvalue weighted by Gasteiger charge is 2.44. The van der Waals surface area contributed by atoms with E-state index in [0.717, 1.165) is 28.0 Å². The van der Waals surface area contributed by atoms with E-state index in [4.69, 9.17) is 4.84 Å². The van der Waals surface area contributed by atoms with Crippen LogP contribution >= 0.6 is 0 Å². The molecule has 3 aromatic rings. The van der Waals surface area contributed by atoms with Crippen LogP contribution in [0.5, 0.6) is 0 Å². The summed E-state index contributed by atoms with van der Waals surface area (Å²) < 4.78 is 64.4. The van der Waals surface area contributed by atoms with E-state index in [0.29, 0.717) is 43.0 Å². The van der Waals surface area contributed by atoms with Gasteiger partial charge < -0.3 is 14.6 Å². The maximum Gasteiger partial charge on any atom is 0.337 e. The Morgan fingerprint density at radius 2 is 1.45 bits per heavy atom. The van der Waals surface area contributed by atoms with Crippen LogP contribution in [0.4, 0.5) is 11.4 Å². The van der Waals surface area contributed by atoms with Crippen LogP contribution in [0.2, 0.25) is 0 Å². The number of nitrogens with zero attached hydrogens (tertiary/aromatic N) is 3. The maximum absolute atomic E-state index is 12.8. The fourth-order valence-corrected chi connectivity index (χ4v) is 9.64. The van der Waals surface area contributed by atoms with Crippen LogP contribution in [0.1, 0.15) is 82.9 Å². The van der Waals surface area contributed by atoms with Crippen LogP contribution in [0.3, 0.4) is 0 Å². The van der Waals surface area contributed by atoms with E-state index >= 15 is 0 Å². The molecule has 310 valence electrons. The summed E-state index contributed by atoms with van der Waals surface area (Å²) in [6.07, 6.45) is 11.6. The maximum atomic E-state index is 12.8. The number of unbranched alkanes of at least 4 members (excludes halogenated alkanes) is 2. The monoisotopic (exact) mass is 833 g/mol. The van der Waals surface area contributed by atoms with Gasteiger partial charge in [0.1, 0.15) is 0 Å². The van der Waals surface area contributed by atoms with E-state index in [1.807, 2.05) is 48.6 Å². The van der Waals surface area contributed by atoms with Crippen LogP contribution < -0.4 is 9.80 Å². The molecule has 3 aliphatic heterocycles. The van der Waals surface area contributed by atoms with E-state index in [9.17, 15) is 40.3 Å². The molecular weight excluding hydrogens is 783 g/mol. The van der Waals surface area contributed by atoms with Gasteiger partial charge in [-0.3, -0.25) is 18.7 Å². The van der Waals surface area contributed by atoms with Crippen molar-refractivity contribution in [1.29, 1.82) is 0 Å². The number of amides is 2. The first-order valence-electron chi connectivity index (χ1n) is 19.5. The van der Waals surface area contributed by atoms with Crippen molar-refractivity contribution in [3.63, 3.8) is 0 Å². The summed E-state index contributed by atoms with van der Waals surface area (Å²) >= 11 is 0. The number of carbonyl (C=O) groups is 3. The number of hydroxylamine groups is 2. The zero-order chi connectivity index (χ0) is 42.0. The Morgan fingerprint density at radius 3 is 2.12 bits per heavy atom. The quantitative estimate of drug-likeness (QED) is 0.0686. The second-order valence-electron chi connectivity index (χ2n) is 16.2. The van der Waals surface area contributed by atoms with Gasteiger partial charge in [0.15, 0.2) is 0 Å². The predicted molar refractivity (Wildman–Crippen MR) is 223 cm³/mol. The third-order valence-electron chi connectivity index (χ3n) is 11.3. The minimum absolute atomic E-state index is 0.00323. The molecule has 0 bridgehead atoms. The summed E-state index contributed by atoms with van der Waals surface area (Å²) in [4.78, 5) is 46.3. The number of fused-ring (bicyclic) bond motifs is 4. The second-order valence-corrected chi connectivity index (χ2v) is 19.3. The molecule has 15 heteroatoms. The number of hydrogen-bond donors (Lipinski definition) is 2. The Hall–Kier alpha value is -4.83. The van der Waals surface area contributed by atoms with Gasteiger partial charge >= 0.3 is 5.97 Å². The summed E-state index contributed by atoms with van der Waals surface area (Å²) in [5.74, 6) is -2.47. The highest BCUT2D eigenvalue weighted by molar-refractivity contribution is 7.86. The van der Waals surface area contributed by atoms with Crippen molar-refractivity contribution in [3.05, 3.63) is 107 Å². The minimum atomic E-state index is -4.11. The number of carbonyl (C=O) groups excluding carboxylic acids is 3. The minimum Gasteiger partial charge on any atom is -0.364 e. The zero-order valence-corrected chi connectivity index (χ0v) is 34.9. The molecule has 0 radical (unpaired) electrons. The summed E-state index contributed by atoms with van der Waals surface area (Å²) in [6, 6.07) is 18.1. The molecule has 1 fully saturated rings. The lowest BCUT2D eigenvalue weighted by atomic mass is 9.78. The van der Waals surface area contributed by atoms with Gasteiger partial charge in [-0.25, -0.2) is 4.79 Å². The number of imide groups is 1. The van der Waals surface area contributed by atoms with Crippen molar-refractivity contribution in [2.75, 3.05) is 34.4 Å². The molecule has 2 amide bonds. The van der Waals surface area contributed by atoms with Crippen molar-refractivity contribution >= 4 is 60.2 Å². The lowest BCUT2D eigenvalue weighted by Gasteiger charge is -2.32. The molecule has 0 saturated carbocycles. The molecule has 13 nitrogen and oxygen atoms in total. The van der Waals surface area contributed by atoms with Crippen molar-refractivity contribution in [3.8, 4) is 0 Å². The van der Waals surface area contributed by atoms with Gasteiger partial charge in [0, 0.05) is 53.8 Å². The highest BCUT2D eigenvalue weighted by Crippen LogP contribution is 2.50. The standard InChI is InChI=1S/C43H51N3O10S2/c1-42(2)33-28-30(29-40(49)56-46-38(47)22-23-39(46)48)18-20-34(33)44(24-10-12-26-57(50,51)52)36(42)16-6-5-7-17-37-43(3,4)41-32-15-9-8-14-31(32)19-21-35(41)45(37)25-11-13-27-58(53,54)55/h5-9,14-21,28,37H,10-13,22-27,29H2,1-4H3,(H,50,51,52)(H,53,54,55)/b6-5+,17-7+,36-16-. The molecule has 1 saturated heterocycles. The highest BCUT2D eigenvalue weighted by atomic mass is 32.2. The van der Waals surface area contributed by atoms with E-state index < -0.39 is 43.4 Å². The Kier molecular flexibility index (Phi) is 12.4. The summed E-state index contributed by atoms with van der Waals surface area (Å²) in [6.45, 7) is 9.62. The average Bonchev–Trinajstić information content (AvgIpc) is 3.65. The fourth-order valence-electron chi connectivity index (χ4n) is 8.50. The van der Waals surface area contributed by atoms with Gasteiger partial charge in [0.2, 0.25) is 0 Å². The largest absolute Gasteiger partial charge is 0.364 e. The van der Waals surface area contributed by atoms with Crippen molar-refractivity contribution in [2.24, 2.45) is 0 Å². The number of anilines is 2. The van der Waals surface area contributed by atoms with Crippen molar-refractivity contribution in [2.45, 2.75) is 89.5 Å². The Bertz CT molecular complexity index is 2400. The molecule has 58 heavy (non-hydrogen) atoms. The molecule has 1 atom stereocenters. The van der Waals surface area contributed by atoms with Gasteiger partial charge in [-0.05, 0) is 71.4 Å². The normalized spacial score (nSPS) is 19.7. The fraction of sp³-hybridized carbons (Fsp3) is 0.419. The SMILES string of the molecule is CC1(C)/C(=C/C=C/C=C/C2N(CCCCS(=O)(=O)O)c3ccc4ccccc4c3C2(C)C)N(CCCCS(=O)(=O)O)c2ccc(CC(=O)ON3C(=O)CCC3=O)cc21. The molecule has 0 spiro atoms. The van der Waals surface area contributed by atoms with Gasteiger partial charge in [-0.2, -0.15) is 16.8 Å². The molecular formula is C43H51N3O10S2. The molecule has 1 unspecified atom stereocenters. The molecule has 3 aliphatic rings. The average molecular weight is 834 g/mol. The third-order valence-corrected chi connectivity index (χ3v) is 12.9. The molecule has 0 aromatic heterocycles. The number of rotatable bonds is 16. The molecule has 3 aromatic carbocycles. The Labute approximate surface area is 340 Å². The van der Waals surface area contributed by atoms with Gasteiger partial charge in [0.05, 0.1) is 24.0 Å². The zero-order valence-electron chi connectivity index (χ0n) is 33.3. The lowest BCUT2D eigenvalue weighted by Crippen LogP contribution is -2.40. The second kappa shape index (κ2) is 16.8. The van der Waals surface area contributed by atoms with Crippen LogP contribution in [0, 0.1) is 0 Å². The number of allylic oxidation sites excluding steroid dienone is 5. The van der Waals surface area contributed by atoms with Gasteiger partial charge in [-0.15, -0.1) is 5.06 Å². The van der Waals surface area contributed by atoms with Crippen molar-refractivity contribution in [1.82, 2.24) is 5.06 Å². The van der Waals surface area contributed by atoms with Crippen LogP contribution in [0.25, 0.3) is 10.8 Å². The van der Waals surface area contributed by atoms with Gasteiger partial charge in [-0.1, -0.05) is 94.5 Å². The lowest BCUT2D eigenvalue weighted by molar-refractivity contribution is -0.197. The first-order valence-corrected chi connectivity index (χ1v) is 22.7. The molecule has 0 aliphatic carbocycles. The molecule has 6 rings (SSSR count). The Morgan fingerprint density at radius 1 is 0.810 bits per heavy atom. The summed E-state index contributed by atoms with van der Waals surface area (Å²) in [7, 11) is -8.17.